The molecule has 0 atom stereocenters. The van der Waals surface area contributed by atoms with Gasteiger partial charge in [0.2, 0.25) is 0 Å². The predicted octanol–water partition coefficient (Wildman–Crippen LogP) is 2.78. The van der Waals surface area contributed by atoms with Crippen LogP contribution in [0.5, 0.6) is 5.75 Å². The van der Waals surface area contributed by atoms with Gasteiger partial charge in [-0.05, 0) is 35.8 Å². The van der Waals surface area contributed by atoms with E-state index in [1.807, 2.05) is 6.07 Å². The third kappa shape index (κ3) is 5.44. The van der Waals surface area contributed by atoms with Crippen LogP contribution >= 0.6 is 12.4 Å². The van der Waals surface area contributed by atoms with Crippen molar-refractivity contribution in [3.05, 3.63) is 71.3 Å². The highest BCUT2D eigenvalue weighted by molar-refractivity contribution is 5.99. The van der Waals surface area contributed by atoms with Crippen molar-refractivity contribution in [2.24, 2.45) is 0 Å². The summed E-state index contributed by atoms with van der Waals surface area (Å²) in [5.41, 5.74) is 3.31. The largest absolute Gasteiger partial charge is 0.467 e. The summed E-state index contributed by atoms with van der Waals surface area (Å²) in [5, 5.41) is 11.6. The highest BCUT2D eigenvalue weighted by Gasteiger charge is 2.42. The van der Waals surface area contributed by atoms with Crippen LogP contribution in [-0.4, -0.2) is 47.3 Å². The number of carbonyl (C=O) groups is 2. The molecular weight excluding hydrogens is 418 g/mol. The Morgan fingerprint density at radius 1 is 1.19 bits per heavy atom. The first kappa shape index (κ1) is 22.8. The Hall–Kier alpha value is -2.87. The number of nitrogens with one attached hydrogen (secondary N) is 2. The Bertz CT molecular complexity index is 957. The summed E-state index contributed by atoms with van der Waals surface area (Å²) in [6.07, 6.45) is 5.18. The normalized spacial score (nSPS) is 17.4. The van der Waals surface area contributed by atoms with E-state index >= 15 is 0 Å². The lowest BCUT2D eigenvalue weighted by Gasteiger charge is -2.44. The number of carbonyl (C=O) groups excluding carboxylic acids is 2. The maximum absolute atomic E-state index is 12.7. The van der Waals surface area contributed by atoms with Gasteiger partial charge in [0.25, 0.3) is 11.8 Å². The SMILES string of the molecule is Cl.O=C(C=Cc1ccc2c(c1)C(=O)NC1(CCN(CCc3ccccc3)CC1)O2)NO. The van der Waals surface area contributed by atoms with Gasteiger partial charge in [-0.25, -0.2) is 5.48 Å². The lowest BCUT2D eigenvalue weighted by atomic mass is 9.96. The van der Waals surface area contributed by atoms with Gasteiger partial charge in [0.05, 0.1) is 5.56 Å². The molecule has 8 heteroatoms. The molecule has 0 aromatic heterocycles. The molecule has 1 spiro atoms. The van der Waals surface area contributed by atoms with Crippen molar-refractivity contribution in [2.45, 2.75) is 25.0 Å². The number of benzene rings is 2. The molecule has 1 fully saturated rings. The Morgan fingerprint density at radius 3 is 2.65 bits per heavy atom. The van der Waals surface area contributed by atoms with Crippen LogP contribution in [0.25, 0.3) is 6.08 Å². The molecular formula is C23H26ClN3O4. The van der Waals surface area contributed by atoms with Crippen LogP contribution in [0.1, 0.15) is 34.3 Å². The van der Waals surface area contributed by atoms with Crippen LogP contribution in [0.3, 0.4) is 0 Å². The van der Waals surface area contributed by atoms with Gasteiger partial charge < -0.3 is 15.0 Å². The van der Waals surface area contributed by atoms with Gasteiger partial charge in [-0.1, -0.05) is 36.4 Å². The standard InChI is InChI=1S/C23H25N3O4.ClH/c27-21(25-29)9-7-18-6-8-20-19(16-18)22(28)24-23(30-20)11-14-26(15-12-23)13-10-17-4-2-1-3-5-17;/h1-9,16,29H,10-15H2,(H,24,28)(H,25,27);1H. The van der Waals surface area contributed by atoms with E-state index in [2.05, 4.69) is 34.5 Å². The number of fused-ring (bicyclic) bond motifs is 1. The van der Waals surface area contributed by atoms with Crippen molar-refractivity contribution >= 4 is 30.3 Å². The van der Waals surface area contributed by atoms with Crippen molar-refractivity contribution in [1.82, 2.24) is 15.7 Å². The van der Waals surface area contributed by atoms with E-state index in [1.165, 1.54) is 23.2 Å². The molecule has 0 bridgehead atoms. The van der Waals surface area contributed by atoms with E-state index in [0.717, 1.165) is 38.9 Å². The molecule has 0 unspecified atom stereocenters. The summed E-state index contributed by atoms with van der Waals surface area (Å²) in [6, 6.07) is 15.7. The number of likely N-dealkylation sites (tertiary alicyclic amines) is 1. The average molecular weight is 444 g/mol. The van der Waals surface area contributed by atoms with Crippen molar-refractivity contribution < 1.29 is 19.5 Å². The number of hydroxylamine groups is 1. The molecule has 1 saturated heterocycles. The summed E-state index contributed by atoms with van der Waals surface area (Å²) in [6.45, 7) is 2.71. The summed E-state index contributed by atoms with van der Waals surface area (Å²) < 4.78 is 6.24. The Morgan fingerprint density at radius 2 is 1.94 bits per heavy atom. The van der Waals surface area contributed by atoms with E-state index in [1.54, 1.807) is 18.2 Å². The van der Waals surface area contributed by atoms with Gasteiger partial charge in [0, 0.05) is 38.6 Å². The van der Waals surface area contributed by atoms with E-state index in [0.29, 0.717) is 16.9 Å². The number of rotatable bonds is 5. The first-order valence-corrected chi connectivity index (χ1v) is 10.1. The number of hydrogen-bond acceptors (Lipinski definition) is 5. The maximum atomic E-state index is 12.7. The van der Waals surface area contributed by atoms with Crippen LogP contribution in [0, 0.1) is 0 Å². The number of halogens is 1. The highest BCUT2D eigenvalue weighted by Crippen LogP contribution is 2.34. The van der Waals surface area contributed by atoms with Crippen LogP contribution in [0.4, 0.5) is 0 Å². The van der Waals surface area contributed by atoms with Crippen LogP contribution in [0.15, 0.2) is 54.6 Å². The Kier molecular flexibility index (Phi) is 7.33. The maximum Gasteiger partial charge on any atom is 0.267 e. The smallest absolute Gasteiger partial charge is 0.267 e. The second-order valence-electron chi connectivity index (χ2n) is 7.69. The molecule has 4 rings (SSSR count). The van der Waals surface area contributed by atoms with Crippen molar-refractivity contribution in [1.29, 1.82) is 0 Å². The molecule has 2 aliphatic heterocycles. The lowest BCUT2D eigenvalue weighted by Crippen LogP contribution is -2.61. The third-order valence-corrected chi connectivity index (χ3v) is 5.66. The van der Waals surface area contributed by atoms with E-state index in [9.17, 15) is 9.59 Å². The minimum atomic E-state index is -0.665. The number of nitrogens with zero attached hydrogens (tertiary/aromatic N) is 1. The number of ether oxygens (including phenoxy) is 1. The fourth-order valence-corrected chi connectivity index (χ4v) is 3.93. The molecule has 2 aromatic rings. The quantitative estimate of drug-likeness (QED) is 0.375. The molecule has 2 amide bonds. The summed E-state index contributed by atoms with van der Waals surface area (Å²) in [4.78, 5) is 26.3. The topological polar surface area (TPSA) is 90.9 Å². The predicted molar refractivity (Wildman–Crippen MR) is 119 cm³/mol. The van der Waals surface area contributed by atoms with E-state index in [4.69, 9.17) is 9.94 Å². The van der Waals surface area contributed by atoms with Gasteiger partial charge in [-0.2, -0.15) is 0 Å². The minimum absolute atomic E-state index is 0. The van der Waals surface area contributed by atoms with Gasteiger partial charge >= 0.3 is 0 Å². The van der Waals surface area contributed by atoms with Gasteiger partial charge in [-0.15, -0.1) is 12.4 Å². The zero-order valence-corrected chi connectivity index (χ0v) is 17.9. The molecule has 2 aliphatic rings. The number of hydrogen-bond donors (Lipinski definition) is 3. The molecule has 31 heavy (non-hydrogen) atoms. The molecule has 0 radical (unpaired) electrons. The molecule has 2 aromatic carbocycles. The van der Waals surface area contributed by atoms with Crippen molar-refractivity contribution in [3.63, 3.8) is 0 Å². The van der Waals surface area contributed by atoms with E-state index < -0.39 is 11.6 Å². The number of piperidine rings is 1. The molecule has 2 heterocycles. The minimum Gasteiger partial charge on any atom is -0.467 e. The first-order chi connectivity index (χ1) is 14.6. The first-order valence-electron chi connectivity index (χ1n) is 10.1. The van der Waals surface area contributed by atoms with Gasteiger partial charge in [-0.3, -0.25) is 14.8 Å². The molecule has 3 N–H and O–H groups in total. The summed E-state index contributed by atoms with van der Waals surface area (Å²) in [7, 11) is 0. The Labute approximate surface area is 187 Å². The van der Waals surface area contributed by atoms with Gasteiger partial charge in [0.15, 0.2) is 5.72 Å². The molecule has 0 saturated carbocycles. The molecule has 0 aliphatic carbocycles. The average Bonchev–Trinajstić information content (AvgIpc) is 2.78. The number of amides is 2. The fourth-order valence-electron chi connectivity index (χ4n) is 3.93. The van der Waals surface area contributed by atoms with Crippen LogP contribution < -0.4 is 15.5 Å². The second-order valence-corrected chi connectivity index (χ2v) is 7.69. The zero-order valence-electron chi connectivity index (χ0n) is 17.0. The fraction of sp³-hybridized carbons (Fsp3) is 0.304. The third-order valence-electron chi connectivity index (χ3n) is 5.66. The lowest BCUT2D eigenvalue weighted by molar-refractivity contribution is -0.124. The van der Waals surface area contributed by atoms with Crippen LogP contribution in [0.2, 0.25) is 0 Å². The second kappa shape index (κ2) is 9.96. The summed E-state index contributed by atoms with van der Waals surface area (Å²) in [5.74, 6) is -0.248. The monoisotopic (exact) mass is 443 g/mol. The van der Waals surface area contributed by atoms with Crippen LogP contribution in [-0.2, 0) is 11.2 Å². The molecule has 7 nitrogen and oxygen atoms in total. The van der Waals surface area contributed by atoms with Gasteiger partial charge in [0.1, 0.15) is 5.75 Å². The highest BCUT2D eigenvalue weighted by atomic mass is 35.5. The van der Waals surface area contributed by atoms with Crippen molar-refractivity contribution in [3.8, 4) is 5.75 Å². The zero-order chi connectivity index (χ0) is 21.0. The molecule has 164 valence electrons. The summed E-state index contributed by atoms with van der Waals surface area (Å²) >= 11 is 0. The van der Waals surface area contributed by atoms with E-state index in [-0.39, 0.29) is 18.3 Å². The van der Waals surface area contributed by atoms with Crippen molar-refractivity contribution in [2.75, 3.05) is 19.6 Å². The Balaban J connectivity index is 0.00000272.